The molecule has 0 radical (unpaired) electrons. The van der Waals surface area contributed by atoms with Crippen LogP contribution >= 0.6 is 0 Å². The van der Waals surface area contributed by atoms with E-state index in [0.717, 1.165) is 11.3 Å². The van der Waals surface area contributed by atoms with Gasteiger partial charge in [0.1, 0.15) is 23.5 Å². The number of benzene rings is 1. The van der Waals surface area contributed by atoms with Crippen LogP contribution in [0.1, 0.15) is 11.3 Å². The number of methoxy groups -OCH3 is 1. The molecular weight excluding hydrogens is 308 g/mol. The minimum absolute atomic E-state index is 0.409. The van der Waals surface area contributed by atoms with Gasteiger partial charge in [0, 0.05) is 12.6 Å². The lowest BCUT2D eigenvalue weighted by Crippen LogP contribution is -2.08. The minimum atomic E-state index is 0.409. The van der Waals surface area contributed by atoms with Gasteiger partial charge in [0.05, 0.1) is 7.11 Å². The highest BCUT2D eigenvalue weighted by atomic mass is 16.5. The van der Waals surface area contributed by atoms with Gasteiger partial charge < -0.3 is 25.6 Å². The Hall–Kier alpha value is -3.29. The maximum Gasteiger partial charge on any atom is 0.175 e. The minimum Gasteiger partial charge on any atom is -0.497 e. The number of rotatable bonds is 6. The number of aryl methyl sites for hydroxylation is 1. The first-order valence-corrected chi connectivity index (χ1v) is 7.33. The number of nitrogens with zero attached hydrogens (tertiary/aromatic N) is 3. The van der Waals surface area contributed by atoms with Gasteiger partial charge in [0.25, 0.3) is 0 Å². The lowest BCUT2D eigenvalue weighted by molar-refractivity contribution is 0.400. The molecule has 0 spiro atoms. The van der Waals surface area contributed by atoms with E-state index in [0.29, 0.717) is 35.4 Å². The van der Waals surface area contributed by atoms with Crippen molar-refractivity contribution in [3.8, 4) is 5.75 Å². The summed E-state index contributed by atoms with van der Waals surface area (Å²) in [7, 11) is 1.64. The molecule has 0 saturated heterocycles. The van der Waals surface area contributed by atoms with Crippen LogP contribution in [-0.4, -0.2) is 22.2 Å². The van der Waals surface area contributed by atoms with E-state index < -0.39 is 0 Å². The second-order valence-corrected chi connectivity index (χ2v) is 5.13. The molecule has 1 aromatic carbocycles. The summed E-state index contributed by atoms with van der Waals surface area (Å²) in [6.45, 7) is 2.39. The van der Waals surface area contributed by atoms with Gasteiger partial charge in [-0.05, 0) is 24.6 Å². The Kier molecular flexibility index (Phi) is 4.46. The summed E-state index contributed by atoms with van der Waals surface area (Å²) < 4.78 is 10.2. The number of ether oxygens (including phenoxy) is 1. The molecule has 8 nitrogen and oxygen atoms in total. The normalized spacial score (nSPS) is 10.4. The first-order valence-electron chi connectivity index (χ1n) is 7.33. The van der Waals surface area contributed by atoms with Crippen molar-refractivity contribution in [2.45, 2.75) is 13.5 Å². The van der Waals surface area contributed by atoms with Crippen molar-refractivity contribution in [3.05, 3.63) is 48.0 Å². The molecule has 0 aliphatic carbocycles. The van der Waals surface area contributed by atoms with Crippen LogP contribution in [0.15, 0.2) is 41.2 Å². The highest BCUT2D eigenvalue weighted by Crippen LogP contribution is 2.26. The van der Waals surface area contributed by atoms with Gasteiger partial charge in [0.15, 0.2) is 17.5 Å². The number of anilines is 4. The second-order valence-electron chi connectivity index (χ2n) is 5.13. The van der Waals surface area contributed by atoms with Crippen molar-refractivity contribution >= 4 is 23.1 Å². The number of nitrogens with one attached hydrogen (secondary N) is 2. The highest BCUT2D eigenvalue weighted by Gasteiger charge is 2.10. The zero-order valence-electron chi connectivity index (χ0n) is 13.4. The Labute approximate surface area is 139 Å². The highest BCUT2D eigenvalue weighted by molar-refractivity contribution is 5.76. The Morgan fingerprint density at radius 2 is 1.92 bits per heavy atom. The Morgan fingerprint density at radius 1 is 1.17 bits per heavy atom. The molecule has 0 amide bonds. The number of aromatic nitrogens is 3. The van der Waals surface area contributed by atoms with E-state index >= 15 is 0 Å². The monoisotopic (exact) mass is 326 g/mol. The average molecular weight is 326 g/mol. The Morgan fingerprint density at radius 3 is 2.58 bits per heavy atom. The van der Waals surface area contributed by atoms with Crippen LogP contribution in [0.3, 0.4) is 0 Å². The van der Waals surface area contributed by atoms with Gasteiger partial charge in [-0.15, -0.1) is 0 Å². The standard InChI is InChI=1S/C16H18N6O2/c1-10-7-13(22-24-10)21-16-14(17)15(19-9-20-16)18-8-11-3-5-12(23-2)6-4-11/h3-7,9H,8,17H2,1-2H3,(H2,18,19,20,21,22). The number of hydrogen-bond acceptors (Lipinski definition) is 8. The number of nitrogens with two attached hydrogens (primary N) is 1. The molecule has 0 unspecified atom stereocenters. The van der Waals surface area contributed by atoms with Crippen molar-refractivity contribution in [1.82, 2.24) is 15.1 Å². The van der Waals surface area contributed by atoms with Crippen molar-refractivity contribution in [3.63, 3.8) is 0 Å². The second kappa shape index (κ2) is 6.86. The molecule has 4 N–H and O–H groups in total. The van der Waals surface area contributed by atoms with E-state index in [-0.39, 0.29) is 0 Å². The maximum atomic E-state index is 6.12. The van der Waals surface area contributed by atoms with Gasteiger partial charge in [-0.3, -0.25) is 0 Å². The summed E-state index contributed by atoms with van der Waals surface area (Å²) in [5.41, 5.74) is 7.61. The predicted octanol–water partition coefficient (Wildman–Crippen LogP) is 2.72. The molecular formula is C16H18N6O2. The van der Waals surface area contributed by atoms with E-state index in [2.05, 4.69) is 25.8 Å². The Balaban J connectivity index is 1.70. The lowest BCUT2D eigenvalue weighted by Gasteiger charge is -2.11. The van der Waals surface area contributed by atoms with Gasteiger partial charge in [-0.25, -0.2) is 9.97 Å². The van der Waals surface area contributed by atoms with E-state index in [1.165, 1.54) is 6.33 Å². The molecule has 2 heterocycles. The average Bonchev–Trinajstić information content (AvgIpc) is 3.01. The number of nitrogen functional groups attached to an aromatic ring is 1. The quantitative estimate of drug-likeness (QED) is 0.634. The molecule has 3 rings (SSSR count). The fourth-order valence-electron chi connectivity index (χ4n) is 2.11. The van der Waals surface area contributed by atoms with Crippen molar-refractivity contribution in [2.24, 2.45) is 0 Å². The third-order valence-electron chi connectivity index (χ3n) is 3.38. The largest absolute Gasteiger partial charge is 0.497 e. The number of hydrogen-bond donors (Lipinski definition) is 3. The maximum absolute atomic E-state index is 6.12. The van der Waals surface area contributed by atoms with Crippen LogP contribution in [-0.2, 0) is 6.54 Å². The van der Waals surface area contributed by atoms with Crippen LogP contribution < -0.4 is 21.1 Å². The van der Waals surface area contributed by atoms with E-state index in [1.54, 1.807) is 13.2 Å². The zero-order chi connectivity index (χ0) is 16.9. The van der Waals surface area contributed by atoms with Crippen molar-refractivity contribution in [2.75, 3.05) is 23.5 Å². The zero-order valence-corrected chi connectivity index (χ0v) is 13.4. The molecule has 0 aliphatic heterocycles. The first kappa shape index (κ1) is 15.6. The SMILES string of the molecule is COc1ccc(CNc2ncnc(Nc3cc(C)on3)c2N)cc1. The van der Waals surface area contributed by atoms with E-state index in [9.17, 15) is 0 Å². The van der Waals surface area contributed by atoms with E-state index in [1.807, 2.05) is 31.2 Å². The molecule has 124 valence electrons. The van der Waals surface area contributed by atoms with Gasteiger partial charge in [-0.2, -0.15) is 0 Å². The summed E-state index contributed by atoms with van der Waals surface area (Å²) in [4.78, 5) is 8.31. The van der Waals surface area contributed by atoms with Crippen LogP contribution in [0.25, 0.3) is 0 Å². The molecule has 24 heavy (non-hydrogen) atoms. The molecule has 0 atom stereocenters. The molecule has 2 aromatic heterocycles. The molecule has 0 fully saturated rings. The summed E-state index contributed by atoms with van der Waals surface area (Å²) in [6.07, 6.45) is 1.43. The van der Waals surface area contributed by atoms with Gasteiger partial charge >= 0.3 is 0 Å². The van der Waals surface area contributed by atoms with Crippen LogP contribution in [0.2, 0.25) is 0 Å². The summed E-state index contributed by atoms with van der Waals surface area (Å²) in [5.74, 6) is 3.07. The van der Waals surface area contributed by atoms with Crippen LogP contribution in [0.4, 0.5) is 23.1 Å². The Bertz CT molecular complexity index is 816. The summed E-state index contributed by atoms with van der Waals surface area (Å²) in [6, 6.07) is 9.51. The van der Waals surface area contributed by atoms with E-state index in [4.69, 9.17) is 15.0 Å². The summed E-state index contributed by atoms with van der Waals surface area (Å²) in [5, 5.41) is 10.1. The topological polar surface area (TPSA) is 111 Å². The first-order chi connectivity index (χ1) is 11.7. The fourth-order valence-corrected chi connectivity index (χ4v) is 2.11. The van der Waals surface area contributed by atoms with Crippen molar-refractivity contribution < 1.29 is 9.26 Å². The lowest BCUT2D eigenvalue weighted by atomic mass is 10.2. The molecule has 0 aliphatic rings. The van der Waals surface area contributed by atoms with Gasteiger partial charge in [-0.1, -0.05) is 17.3 Å². The molecule has 0 bridgehead atoms. The smallest absolute Gasteiger partial charge is 0.175 e. The van der Waals surface area contributed by atoms with Gasteiger partial charge in [0.2, 0.25) is 0 Å². The summed E-state index contributed by atoms with van der Waals surface area (Å²) >= 11 is 0. The molecule has 8 heteroatoms. The molecule has 3 aromatic rings. The van der Waals surface area contributed by atoms with Crippen molar-refractivity contribution in [1.29, 1.82) is 0 Å². The third kappa shape index (κ3) is 3.54. The van der Waals surface area contributed by atoms with Crippen LogP contribution in [0, 0.1) is 6.92 Å². The molecule has 0 saturated carbocycles. The predicted molar refractivity (Wildman–Crippen MR) is 91.3 cm³/mol. The van der Waals surface area contributed by atoms with Crippen LogP contribution in [0.5, 0.6) is 5.75 Å². The third-order valence-corrected chi connectivity index (χ3v) is 3.38. The fraction of sp³-hybridized carbons (Fsp3) is 0.188.